The molecule has 106 valence electrons. The minimum atomic E-state index is 0.496. The third-order valence-electron chi connectivity index (χ3n) is 2.45. The molecule has 0 saturated heterocycles. The number of halogens is 2. The molecular formula is C13H20Cl2N4. The summed E-state index contributed by atoms with van der Waals surface area (Å²) in [4.78, 5) is 4.32. The second kappa shape index (κ2) is 8.25. The number of guanidine groups is 1. The molecule has 0 radical (unpaired) electrons. The molecule has 0 aliphatic rings. The molecule has 0 amide bonds. The largest absolute Gasteiger partial charge is 0.355 e. The molecule has 0 saturated carbocycles. The number of nitrogens with zero attached hydrogens (tertiary/aromatic N) is 1. The van der Waals surface area contributed by atoms with Crippen molar-refractivity contribution in [3.8, 4) is 0 Å². The smallest absolute Gasteiger partial charge is 0.205 e. The lowest BCUT2D eigenvalue weighted by Gasteiger charge is -2.10. The van der Waals surface area contributed by atoms with E-state index >= 15 is 0 Å². The van der Waals surface area contributed by atoms with Crippen molar-refractivity contribution in [1.82, 2.24) is 10.7 Å². The summed E-state index contributed by atoms with van der Waals surface area (Å²) in [6.07, 6.45) is 0.776. The molecule has 4 nitrogen and oxygen atoms in total. The van der Waals surface area contributed by atoms with Crippen molar-refractivity contribution >= 4 is 29.2 Å². The van der Waals surface area contributed by atoms with Crippen LogP contribution in [0.2, 0.25) is 10.0 Å². The van der Waals surface area contributed by atoms with Crippen LogP contribution in [0.5, 0.6) is 0 Å². The van der Waals surface area contributed by atoms with E-state index in [1.54, 1.807) is 6.07 Å². The Morgan fingerprint density at radius 2 is 2.11 bits per heavy atom. The molecule has 1 rings (SSSR count). The molecule has 0 aromatic heterocycles. The molecule has 4 N–H and O–H groups in total. The van der Waals surface area contributed by atoms with Gasteiger partial charge in [0.1, 0.15) is 0 Å². The summed E-state index contributed by atoms with van der Waals surface area (Å²) >= 11 is 11.9. The quantitative estimate of drug-likeness (QED) is 0.339. The topological polar surface area (TPSA) is 62.4 Å². The van der Waals surface area contributed by atoms with Gasteiger partial charge < -0.3 is 5.32 Å². The predicted octanol–water partition coefficient (Wildman–Crippen LogP) is 2.60. The Kier molecular flexibility index (Phi) is 6.99. The van der Waals surface area contributed by atoms with Crippen LogP contribution in [0.3, 0.4) is 0 Å². The Hall–Kier alpha value is -0.970. The van der Waals surface area contributed by atoms with Crippen LogP contribution < -0.4 is 16.6 Å². The van der Waals surface area contributed by atoms with Gasteiger partial charge in [0.05, 0.1) is 0 Å². The molecule has 0 fully saturated rings. The maximum absolute atomic E-state index is 6.10. The lowest BCUT2D eigenvalue weighted by atomic mass is 10.1. The van der Waals surface area contributed by atoms with Gasteiger partial charge >= 0.3 is 0 Å². The summed E-state index contributed by atoms with van der Waals surface area (Å²) in [5.74, 6) is 6.49. The average molecular weight is 303 g/mol. The SMILES string of the molecule is CC(C)CN=C(NN)NCCc1ccc(Cl)cc1Cl. The zero-order valence-electron chi connectivity index (χ0n) is 11.2. The van der Waals surface area contributed by atoms with Gasteiger partial charge in [0.2, 0.25) is 5.96 Å². The average Bonchev–Trinajstić information content (AvgIpc) is 2.35. The standard InChI is InChI=1S/C13H20Cl2N4/c1-9(2)8-18-13(19-16)17-6-5-10-3-4-11(14)7-12(10)15/h3-4,7,9H,5-6,8,16H2,1-2H3,(H2,17,18,19). The predicted molar refractivity (Wildman–Crippen MR) is 82.6 cm³/mol. The number of benzene rings is 1. The summed E-state index contributed by atoms with van der Waals surface area (Å²) in [5.41, 5.74) is 3.59. The van der Waals surface area contributed by atoms with Crippen molar-refractivity contribution in [3.63, 3.8) is 0 Å². The van der Waals surface area contributed by atoms with Crippen molar-refractivity contribution in [2.75, 3.05) is 13.1 Å². The van der Waals surface area contributed by atoms with Gasteiger partial charge in [-0.05, 0) is 30.0 Å². The van der Waals surface area contributed by atoms with Crippen LogP contribution in [0.4, 0.5) is 0 Å². The lowest BCUT2D eigenvalue weighted by molar-refractivity contribution is 0.657. The highest BCUT2D eigenvalue weighted by Crippen LogP contribution is 2.20. The molecule has 1 aromatic rings. The van der Waals surface area contributed by atoms with Gasteiger partial charge in [-0.15, -0.1) is 0 Å². The number of hydrogen-bond acceptors (Lipinski definition) is 2. The zero-order chi connectivity index (χ0) is 14.3. The van der Waals surface area contributed by atoms with E-state index in [0.717, 1.165) is 18.5 Å². The van der Waals surface area contributed by atoms with Crippen molar-refractivity contribution < 1.29 is 0 Å². The molecule has 0 spiro atoms. The number of aliphatic imine (C=N–C) groups is 1. The van der Waals surface area contributed by atoms with Gasteiger partial charge in [-0.25, -0.2) is 5.84 Å². The Bertz CT molecular complexity index is 433. The highest BCUT2D eigenvalue weighted by Gasteiger charge is 2.02. The lowest BCUT2D eigenvalue weighted by Crippen LogP contribution is -2.42. The van der Waals surface area contributed by atoms with Crippen LogP contribution in [0.1, 0.15) is 19.4 Å². The normalized spacial score (nSPS) is 11.8. The van der Waals surface area contributed by atoms with Crippen molar-refractivity contribution in [2.45, 2.75) is 20.3 Å². The fraction of sp³-hybridized carbons (Fsp3) is 0.462. The van der Waals surface area contributed by atoms with Crippen molar-refractivity contribution in [1.29, 1.82) is 0 Å². The first-order valence-electron chi connectivity index (χ1n) is 6.21. The van der Waals surface area contributed by atoms with E-state index in [0.29, 0.717) is 28.5 Å². The Balaban J connectivity index is 2.46. The fourth-order valence-electron chi connectivity index (χ4n) is 1.47. The minimum absolute atomic E-state index is 0.496. The second-order valence-corrected chi connectivity index (χ2v) is 5.48. The van der Waals surface area contributed by atoms with Crippen molar-refractivity contribution in [3.05, 3.63) is 33.8 Å². The molecule has 0 atom stereocenters. The Morgan fingerprint density at radius 3 is 2.68 bits per heavy atom. The summed E-state index contributed by atoms with van der Waals surface area (Å²) in [6.45, 7) is 5.63. The molecule has 6 heteroatoms. The maximum atomic E-state index is 6.10. The van der Waals surface area contributed by atoms with E-state index in [1.165, 1.54) is 0 Å². The monoisotopic (exact) mass is 302 g/mol. The van der Waals surface area contributed by atoms with Crippen LogP contribution in [-0.2, 0) is 6.42 Å². The van der Waals surface area contributed by atoms with E-state index in [2.05, 4.69) is 29.6 Å². The Morgan fingerprint density at radius 1 is 1.37 bits per heavy atom. The molecule has 0 aliphatic heterocycles. The maximum Gasteiger partial charge on any atom is 0.205 e. The molecular weight excluding hydrogens is 283 g/mol. The van der Waals surface area contributed by atoms with Crippen LogP contribution in [-0.4, -0.2) is 19.0 Å². The third kappa shape index (κ3) is 6.14. The molecule has 0 aliphatic carbocycles. The second-order valence-electron chi connectivity index (χ2n) is 4.64. The van der Waals surface area contributed by atoms with Gasteiger partial charge in [-0.2, -0.15) is 0 Å². The molecule has 0 unspecified atom stereocenters. The van der Waals surface area contributed by atoms with Crippen LogP contribution in [0, 0.1) is 5.92 Å². The molecule has 0 heterocycles. The zero-order valence-corrected chi connectivity index (χ0v) is 12.7. The summed E-state index contributed by atoms with van der Waals surface area (Å²) in [7, 11) is 0. The summed E-state index contributed by atoms with van der Waals surface area (Å²) in [5, 5.41) is 4.46. The van der Waals surface area contributed by atoms with E-state index in [4.69, 9.17) is 29.0 Å². The van der Waals surface area contributed by atoms with E-state index in [1.807, 2.05) is 12.1 Å². The minimum Gasteiger partial charge on any atom is -0.355 e. The van der Waals surface area contributed by atoms with Crippen LogP contribution in [0.15, 0.2) is 23.2 Å². The highest BCUT2D eigenvalue weighted by atomic mass is 35.5. The fourth-order valence-corrected chi connectivity index (χ4v) is 1.97. The van der Waals surface area contributed by atoms with Crippen molar-refractivity contribution in [2.24, 2.45) is 16.8 Å². The van der Waals surface area contributed by atoms with Crippen LogP contribution in [0.25, 0.3) is 0 Å². The van der Waals surface area contributed by atoms with Gasteiger partial charge in [0, 0.05) is 23.1 Å². The summed E-state index contributed by atoms with van der Waals surface area (Å²) in [6, 6.07) is 5.50. The van der Waals surface area contributed by atoms with E-state index in [9.17, 15) is 0 Å². The number of hydrogen-bond donors (Lipinski definition) is 3. The van der Waals surface area contributed by atoms with Gasteiger partial charge in [0.15, 0.2) is 0 Å². The number of rotatable bonds is 5. The number of nitrogens with two attached hydrogens (primary N) is 1. The van der Waals surface area contributed by atoms with Gasteiger partial charge in [-0.3, -0.25) is 10.4 Å². The van der Waals surface area contributed by atoms with E-state index in [-0.39, 0.29) is 0 Å². The molecule has 19 heavy (non-hydrogen) atoms. The molecule has 1 aromatic carbocycles. The first kappa shape index (κ1) is 16.1. The van der Waals surface area contributed by atoms with Gasteiger partial charge in [0.25, 0.3) is 0 Å². The number of nitrogens with one attached hydrogen (secondary N) is 2. The number of hydrazine groups is 1. The Labute approximate surface area is 124 Å². The van der Waals surface area contributed by atoms with Gasteiger partial charge in [-0.1, -0.05) is 43.1 Å². The first-order chi connectivity index (χ1) is 9.02. The van der Waals surface area contributed by atoms with Crippen LogP contribution >= 0.6 is 23.2 Å². The molecule has 0 bridgehead atoms. The van der Waals surface area contributed by atoms with E-state index < -0.39 is 0 Å². The first-order valence-corrected chi connectivity index (χ1v) is 6.97. The highest BCUT2D eigenvalue weighted by molar-refractivity contribution is 6.35. The third-order valence-corrected chi connectivity index (χ3v) is 3.04. The summed E-state index contributed by atoms with van der Waals surface area (Å²) < 4.78 is 0.